The first kappa shape index (κ1) is 9.90. The normalized spacial score (nSPS) is 11.9. The summed E-state index contributed by atoms with van der Waals surface area (Å²) >= 11 is 0. The highest BCUT2D eigenvalue weighted by Crippen LogP contribution is 2.25. The summed E-state index contributed by atoms with van der Waals surface area (Å²) in [5, 5.41) is 15.2. The van der Waals surface area contributed by atoms with Gasteiger partial charge in [-0.05, 0) is 18.2 Å². The number of nitrogens with zero attached hydrogens (tertiary/aromatic N) is 6. The van der Waals surface area contributed by atoms with Crippen LogP contribution in [0.2, 0.25) is 0 Å². The van der Waals surface area contributed by atoms with E-state index in [1.165, 1.54) is 0 Å². The second kappa shape index (κ2) is 4.02. The van der Waals surface area contributed by atoms with Gasteiger partial charge in [0, 0.05) is 31.2 Å². The van der Waals surface area contributed by atoms with E-state index in [0.29, 0.717) is 5.65 Å². The lowest BCUT2D eigenvalue weighted by Gasteiger charge is -2.04. The molecule has 0 saturated carbocycles. The first-order chi connectivity index (χ1) is 10.2. The topological polar surface area (TPSA) is 76.7 Å². The first-order valence-electron chi connectivity index (χ1n) is 6.57. The molecule has 0 spiro atoms. The Labute approximate surface area is 115 Å². The van der Waals surface area contributed by atoms with Crippen LogP contribution in [0.25, 0.3) is 28.3 Å². The minimum absolute atomic E-state index is 0.164. The Kier molecular flexibility index (Phi) is 1.99. The SMILES string of the molecule is [2H]c1cc(-c2ccnn2C)c2ncc(-c3ccn[nH]3)n2n1. The molecule has 0 aromatic carbocycles. The van der Waals surface area contributed by atoms with E-state index in [1.807, 2.05) is 19.2 Å². The molecule has 7 heteroatoms. The zero-order valence-corrected chi connectivity index (χ0v) is 10.6. The average molecular weight is 266 g/mol. The maximum absolute atomic E-state index is 7.94. The fourth-order valence-electron chi connectivity index (χ4n) is 2.26. The molecular weight excluding hydrogens is 254 g/mol. The molecule has 0 saturated heterocycles. The zero-order valence-electron chi connectivity index (χ0n) is 11.6. The summed E-state index contributed by atoms with van der Waals surface area (Å²) in [6.07, 6.45) is 5.27. The summed E-state index contributed by atoms with van der Waals surface area (Å²) in [6, 6.07) is 5.42. The molecule has 0 bridgehead atoms. The average Bonchev–Trinajstić information content (AvgIpc) is 3.16. The molecule has 0 amide bonds. The molecule has 4 rings (SSSR count). The third kappa shape index (κ3) is 1.46. The molecule has 0 aliphatic heterocycles. The fraction of sp³-hybridized carbons (Fsp3) is 0.0769. The van der Waals surface area contributed by atoms with E-state index in [0.717, 1.165) is 22.6 Å². The molecule has 20 heavy (non-hydrogen) atoms. The summed E-state index contributed by atoms with van der Waals surface area (Å²) in [4.78, 5) is 4.44. The summed E-state index contributed by atoms with van der Waals surface area (Å²) < 4.78 is 11.3. The van der Waals surface area contributed by atoms with Crippen LogP contribution >= 0.6 is 0 Å². The number of fused-ring (bicyclic) bond motifs is 1. The van der Waals surface area contributed by atoms with Crippen molar-refractivity contribution in [3.8, 4) is 22.6 Å². The van der Waals surface area contributed by atoms with E-state index in [1.54, 1.807) is 33.9 Å². The third-order valence-corrected chi connectivity index (χ3v) is 3.22. The van der Waals surface area contributed by atoms with Gasteiger partial charge in [-0.25, -0.2) is 9.50 Å². The number of rotatable bonds is 2. The van der Waals surface area contributed by atoms with Gasteiger partial charge in [-0.2, -0.15) is 15.3 Å². The third-order valence-electron chi connectivity index (χ3n) is 3.22. The molecule has 0 aliphatic carbocycles. The largest absolute Gasteiger partial charge is 0.276 e. The predicted molar refractivity (Wildman–Crippen MR) is 72.8 cm³/mol. The summed E-state index contributed by atoms with van der Waals surface area (Å²) in [7, 11) is 1.86. The van der Waals surface area contributed by atoms with E-state index in [9.17, 15) is 0 Å². The highest BCUT2D eigenvalue weighted by Gasteiger charge is 2.13. The van der Waals surface area contributed by atoms with Crippen molar-refractivity contribution in [3.05, 3.63) is 43.0 Å². The molecule has 4 heterocycles. The Hall–Kier alpha value is -2.96. The number of aromatic nitrogens is 7. The second-order valence-corrected chi connectivity index (χ2v) is 4.38. The van der Waals surface area contributed by atoms with E-state index < -0.39 is 0 Å². The van der Waals surface area contributed by atoms with Gasteiger partial charge in [-0.3, -0.25) is 9.78 Å². The van der Waals surface area contributed by atoms with Crippen molar-refractivity contribution < 1.29 is 1.37 Å². The molecular formula is C13H11N7. The Morgan fingerprint density at radius 1 is 1.15 bits per heavy atom. The van der Waals surface area contributed by atoms with Crippen molar-refractivity contribution in [1.82, 2.24) is 34.6 Å². The zero-order chi connectivity index (χ0) is 14.4. The fourth-order valence-corrected chi connectivity index (χ4v) is 2.26. The van der Waals surface area contributed by atoms with Gasteiger partial charge in [0.25, 0.3) is 0 Å². The molecule has 0 fully saturated rings. The lowest BCUT2D eigenvalue weighted by molar-refractivity contribution is 0.775. The smallest absolute Gasteiger partial charge is 0.163 e. The van der Waals surface area contributed by atoms with Crippen LogP contribution in [0.15, 0.2) is 43.0 Å². The number of hydrogen-bond donors (Lipinski definition) is 1. The van der Waals surface area contributed by atoms with E-state index in [-0.39, 0.29) is 6.17 Å². The number of aryl methyl sites for hydroxylation is 1. The Bertz CT molecular complexity index is 919. The summed E-state index contributed by atoms with van der Waals surface area (Å²) in [6.45, 7) is 0. The quantitative estimate of drug-likeness (QED) is 0.596. The summed E-state index contributed by atoms with van der Waals surface area (Å²) in [5.41, 5.74) is 3.95. The number of aromatic amines is 1. The second-order valence-electron chi connectivity index (χ2n) is 4.38. The number of imidazole rings is 1. The maximum atomic E-state index is 7.94. The molecule has 0 radical (unpaired) electrons. The van der Waals surface area contributed by atoms with Gasteiger partial charge in [0.2, 0.25) is 0 Å². The van der Waals surface area contributed by atoms with Crippen LogP contribution in [0, 0.1) is 0 Å². The van der Waals surface area contributed by atoms with Crippen LogP contribution in [-0.4, -0.2) is 34.6 Å². The molecule has 0 atom stereocenters. The van der Waals surface area contributed by atoms with Gasteiger partial charge in [0.05, 0.1) is 19.0 Å². The van der Waals surface area contributed by atoms with Crippen molar-refractivity contribution in [2.45, 2.75) is 0 Å². The van der Waals surface area contributed by atoms with Crippen LogP contribution in [-0.2, 0) is 7.05 Å². The Morgan fingerprint density at radius 2 is 2.10 bits per heavy atom. The van der Waals surface area contributed by atoms with Crippen LogP contribution in [0.4, 0.5) is 0 Å². The monoisotopic (exact) mass is 266 g/mol. The van der Waals surface area contributed by atoms with Gasteiger partial charge in [-0.15, -0.1) is 0 Å². The van der Waals surface area contributed by atoms with E-state index in [4.69, 9.17) is 1.37 Å². The predicted octanol–water partition coefficient (Wildman–Crippen LogP) is 1.52. The molecule has 0 unspecified atom stereocenters. The number of nitrogens with one attached hydrogen (secondary N) is 1. The Balaban J connectivity index is 2.04. The van der Waals surface area contributed by atoms with Crippen LogP contribution in [0.3, 0.4) is 0 Å². The standard InChI is InChI=1S/C13H11N7/c1-19-11(4-7-16-19)9-2-6-17-20-12(8-14-13(9)20)10-3-5-15-18-10/h2-8H,1H3,(H,15,18)/i6D. The van der Waals surface area contributed by atoms with Gasteiger partial charge >= 0.3 is 0 Å². The first-order valence-corrected chi connectivity index (χ1v) is 6.07. The maximum Gasteiger partial charge on any atom is 0.163 e. The molecule has 4 aromatic rings. The Morgan fingerprint density at radius 3 is 2.85 bits per heavy atom. The van der Waals surface area contributed by atoms with Crippen molar-refractivity contribution in [2.75, 3.05) is 0 Å². The van der Waals surface area contributed by atoms with Crippen LogP contribution in [0.5, 0.6) is 0 Å². The van der Waals surface area contributed by atoms with Gasteiger partial charge in [-0.1, -0.05) is 0 Å². The highest BCUT2D eigenvalue weighted by molar-refractivity contribution is 5.76. The minimum Gasteiger partial charge on any atom is -0.276 e. The number of H-pyrrole nitrogens is 1. The van der Waals surface area contributed by atoms with Crippen LogP contribution < -0.4 is 0 Å². The van der Waals surface area contributed by atoms with E-state index in [2.05, 4.69) is 25.4 Å². The number of hydrogen-bond acceptors (Lipinski definition) is 4. The van der Waals surface area contributed by atoms with Gasteiger partial charge in [0.1, 0.15) is 5.69 Å². The van der Waals surface area contributed by atoms with Crippen molar-refractivity contribution >= 4 is 5.65 Å². The molecule has 1 N–H and O–H groups in total. The molecule has 0 aliphatic rings. The van der Waals surface area contributed by atoms with Gasteiger partial charge in [0.15, 0.2) is 5.65 Å². The van der Waals surface area contributed by atoms with Crippen molar-refractivity contribution in [2.24, 2.45) is 7.05 Å². The summed E-state index contributed by atoms with van der Waals surface area (Å²) in [5.74, 6) is 0. The van der Waals surface area contributed by atoms with E-state index >= 15 is 0 Å². The molecule has 98 valence electrons. The van der Waals surface area contributed by atoms with Crippen LogP contribution in [0.1, 0.15) is 1.37 Å². The highest BCUT2D eigenvalue weighted by atomic mass is 15.3. The molecule has 4 aromatic heterocycles. The lowest BCUT2D eigenvalue weighted by atomic mass is 10.2. The van der Waals surface area contributed by atoms with Crippen molar-refractivity contribution in [3.63, 3.8) is 0 Å². The van der Waals surface area contributed by atoms with Gasteiger partial charge < -0.3 is 0 Å². The molecule has 7 nitrogen and oxygen atoms in total. The minimum atomic E-state index is 0.164. The van der Waals surface area contributed by atoms with Crippen molar-refractivity contribution in [1.29, 1.82) is 0 Å². The lowest BCUT2D eigenvalue weighted by Crippen LogP contribution is -1.99.